The van der Waals surface area contributed by atoms with E-state index in [4.69, 9.17) is 17.3 Å². The first kappa shape index (κ1) is 24.8. The van der Waals surface area contributed by atoms with Gasteiger partial charge in [-0.1, -0.05) is 61.0 Å². The maximum atomic E-state index is 14.5. The molecule has 0 spiro atoms. The van der Waals surface area contributed by atoms with E-state index in [-0.39, 0.29) is 23.0 Å². The van der Waals surface area contributed by atoms with E-state index in [1.807, 2.05) is 0 Å². The first-order valence-corrected chi connectivity index (χ1v) is 12.5. The van der Waals surface area contributed by atoms with Gasteiger partial charge < -0.3 is 5.73 Å². The Morgan fingerprint density at radius 2 is 1.86 bits per heavy atom. The molecule has 2 unspecified atom stereocenters. The number of likely N-dealkylation sites (N-methyl/N-ethyl adjacent to an activating group) is 1. The van der Waals surface area contributed by atoms with Crippen molar-refractivity contribution in [3.05, 3.63) is 88.5 Å². The van der Waals surface area contributed by atoms with Gasteiger partial charge in [-0.05, 0) is 40.8 Å². The first-order chi connectivity index (χ1) is 16.5. The Kier molecular flexibility index (Phi) is 6.39. The topological polar surface area (TPSA) is 126 Å². The molecule has 2 aromatic carbocycles. The molecule has 3 N–H and O–H groups in total. The number of guanidine groups is 1. The number of pyridine rings is 1. The van der Waals surface area contributed by atoms with Crippen LogP contribution in [0.2, 0.25) is 5.02 Å². The van der Waals surface area contributed by atoms with Crippen LogP contribution in [0.3, 0.4) is 0 Å². The van der Waals surface area contributed by atoms with Gasteiger partial charge in [0.15, 0.2) is 11.5 Å². The third kappa shape index (κ3) is 4.29. The standard InChI is InChI=1S/C24H22ClFN4O4S/c1-3-20(35(32,33)34)14-7-9-16(10-8-14)24(22(31)30(2)23(27)29-24)17-6-4-5-15(11-17)19-12-18(25)13-28-21(19)26/h4-13,20H,3H2,1-2H3,(H2,27,29)(H,32,33,34). The van der Waals surface area contributed by atoms with Crippen molar-refractivity contribution in [3.63, 3.8) is 0 Å². The Bertz CT molecular complexity index is 1450. The van der Waals surface area contributed by atoms with E-state index < -0.39 is 32.8 Å². The van der Waals surface area contributed by atoms with Crippen molar-refractivity contribution < 1.29 is 22.2 Å². The third-order valence-electron chi connectivity index (χ3n) is 6.07. The molecule has 1 amide bonds. The molecular weight excluding hydrogens is 495 g/mol. The molecule has 0 saturated heterocycles. The molecule has 2 atom stereocenters. The predicted molar refractivity (Wildman–Crippen MR) is 131 cm³/mol. The predicted octanol–water partition coefficient (Wildman–Crippen LogP) is 3.91. The van der Waals surface area contributed by atoms with E-state index in [0.29, 0.717) is 22.3 Å². The summed E-state index contributed by atoms with van der Waals surface area (Å²) in [7, 11) is -2.82. The lowest BCUT2D eigenvalue weighted by molar-refractivity contribution is -0.129. The summed E-state index contributed by atoms with van der Waals surface area (Å²) in [5.41, 5.74) is 6.22. The van der Waals surface area contributed by atoms with Crippen LogP contribution in [0.1, 0.15) is 35.3 Å². The SMILES string of the molecule is CCC(c1ccc(C2(c3cccc(-c4cc(Cl)cnc4F)c3)N=C(N)N(C)C2=O)cc1)S(=O)(=O)O. The molecule has 35 heavy (non-hydrogen) atoms. The minimum absolute atomic E-state index is 0.00977. The molecule has 182 valence electrons. The number of halogens is 2. The highest BCUT2D eigenvalue weighted by Gasteiger charge is 2.49. The summed E-state index contributed by atoms with van der Waals surface area (Å²) < 4.78 is 47.6. The molecule has 0 radical (unpaired) electrons. The Balaban J connectivity index is 1.89. The number of nitrogens with two attached hydrogens (primary N) is 1. The van der Waals surface area contributed by atoms with Crippen molar-refractivity contribution in [1.29, 1.82) is 0 Å². The molecule has 0 fully saturated rings. The molecule has 0 bridgehead atoms. The number of aromatic nitrogens is 1. The van der Waals surface area contributed by atoms with Crippen molar-refractivity contribution >= 4 is 33.6 Å². The summed E-state index contributed by atoms with van der Waals surface area (Å²) in [5.74, 6) is -1.17. The minimum atomic E-state index is -4.31. The van der Waals surface area contributed by atoms with Crippen LogP contribution in [0.15, 0.2) is 65.8 Å². The highest BCUT2D eigenvalue weighted by Crippen LogP contribution is 2.41. The second-order valence-corrected chi connectivity index (χ2v) is 10.2. The maximum absolute atomic E-state index is 14.5. The van der Waals surface area contributed by atoms with Crippen LogP contribution in [0, 0.1) is 5.95 Å². The maximum Gasteiger partial charge on any atom is 0.271 e. The Hall–Kier alpha value is -3.34. The van der Waals surface area contributed by atoms with Crippen LogP contribution < -0.4 is 5.73 Å². The smallest absolute Gasteiger partial charge is 0.271 e. The van der Waals surface area contributed by atoms with Gasteiger partial charge in [0.2, 0.25) is 5.95 Å². The Labute approximate surface area is 207 Å². The van der Waals surface area contributed by atoms with Crippen LogP contribution in [0.5, 0.6) is 0 Å². The number of aliphatic imine (C=N–C) groups is 1. The van der Waals surface area contributed by atoms with Crippen molar-refractivity contribution in [2.75, 3.05) is 7.05 Å². The number of benzene rings is 2. The number of hydrogen-bond acceptors (Lipinski definition) is 6. The van der Waals surface area contributed by atoms with Gasteiger partial charge in [0.25, 0.3) is 16.0 Å². The molecule has 1 aromatic heterocycles. The van der Waals surface area contributed by atoms with Gasteiger partial charge in [-0.25, -0.2) is 9.98 Å². The average molecular weight is 517 g/mol. The molecule has 0 aliphatic carbocycles. The quantitative estimate of drug-likeness (QED) is 0.378. The summed E-state index contributed by atoms with van der Waals surface area (Å²) in [6.45, 7) is 1.64. The van der Waals surface area contributed by atoms with Gasteiger partial charge in [0, 0.05) is 18.8 Å². The van der Waals surface area contributed by atoms with Gasteiger partial charge >= 0.3 is 0 Å². The van der Waals surface area contributed by atoms with Crippen molar-refractivity contribution in [2.45, 2.75) is 24.1 Å². The first-order valence-electron chi connectivity index (χ1n) is 10.6. The minimum Gasteiger partial charge on any atom is -0.369 e. The van der Waals surface area contributed by atoms with Gasteiger partial charge in [0.05, 0.1) is 5.02 Å². The summed E-state index contributed by atoms with van der Waals surface area (Å²) in [6.07, 6.45) is 1.36. The van der Waals surface area contributed by atoms with E-state index in [1.54, 1.807) is 43.3 Å². The fourth-order valence-corrected chi connectivity index (χ4v) is 5.36. The van der Waals surface area contributed by atoms with Crippen LogP contribution in [-0.2, 0) is 20.5 Å². The molecule has 4 rings (SSSR count). The van der Waals surface area contributed by atoms with Gasteiger partial charge in [-0.3, -0.25) is 14.2 Å². The monoisotopic (exact) mass is 516 g/mol. The van der Waals surface area contributed by atoms with Crippen LogP contribution in [0.4, 0.5) is 4.39 Å². The largest absolute Gasteiger partial charge is 0.369 e. The number of carbonyl (C=O) groups excluding carboxylic acids is 1. The Morgan fingerprint density at radius 3 is 2.43 bits per heavy atom. The molecule has 8 nitrogen and oxygen atoms in total. The zero-order valence-corrected chi connectivity index (χ0v) is 20.4. The van der Waals surface area contributed by atoms with E-state index >= 15 is 0 Å². The van der Waals surface area contributed by atoms with Crippen LogP contribution in [0.25, 0.3) is 11.1 Å². The fourth-order valence-electron chi connectivity index (χ4n) is 4.28. The number of rotatable bonds is 6. The molecule has 3 aromatic rings. The number of amides is 1. The molecule has 1 aliphatic heterocycles. The Morgan fingerprint density at radius 1 is 1.17 bits per heavy atom. The zero-order valence-electron chi connectivity index (χ0n) is 18.8. The van der Waals surface area contributed by atoms with Crippen molar-refractivity contribution in [3.8, 4) is 11.1 Å². The van der Waals surface area contributed by atoms with E-state index in [9.17, 15) is 22.2 Å². The fraction of sp³-hybridized carbons (Fsp3) is 0.208. The van der Waals surface area contributed by atoms with Crippen molar-refractivity contribution in [1.82, 2.24) is 9.88 Å². The zero-order chi connectivity index (χ0) is 25.5. The summed E-state index contributed by atoms with van der Waals surface area (Å²) in [6, 6.07) is 14.2. The number of nitrogens with zero attached hydrogens (tertiary/aromatic N) is 3. The van der Waals surface area contributed by atoms with E-state index in [2.05, 4.69) is 9.98 Å². The summed E-state index contributed by atoms with van der Waals surface area (Å²) >= 11 is 6.01. The van der Waals surface area contributed by atoms with Gasteiger partial charge in [-0.2, -0.15) is 12.8 Å². The lowest BCUT2D eigenvalue weighted by Crippen LogP contribution is -2.41. The molecule has 2 heterocycles. The normalized spacial score (nSPS) is 19.1. The highest BCUT2D eigenvalue weighted by molar-refractivity contribution is 7.86. The second-order valence-electron chi connectivity index (χ2n) is 8.15. The summed E-state index contributed by atoms with van der Waals surface area (Å²) in [5, 5.41) is -0.856. The highest BCUT2D eigenvalue weighted by atomic mass is 35.5. The van der Waals surface area contributed by atoms with Crippen LogP contribution >= 0.6 is 11.6 Å². The summed E-state index contributed by atoms with van der Waals surface area (Å²) in [4.78, 5) is 22.9. The number of carbonyl (C=O) groups is 1. The lowest BCUT2D eigenvalue weighted by atomic mass is 9.81. The van der Waals surface area contributed by atoms with Gasteiger partial charge in [-0.15, -0.1) is 0 Å². The molecule has 1 aliphatic rings. The molecule has 11 heteroatoms. The third-order valence-corrected chi connectivity index (χ3v) is 7.60. The molecule has 0 saturated carbocycles. The lowest BCUT2D eigenvalue weighted by Gasteiger charge is -2.27. The van der Waals surface area contributed by atoms with Crippen molar-refractivity contribution in [2.24, 2.45) is 10.7 Å². The van der Waals surface area contributed by atoms with E-state index in [0.717, 1.165) is 0 Å². The van der Waals surface area contributed by atoms with E-state index in [1.165, 1.54) is 36.3 Å². The number of hydrogen-bond donors (Lipinski definition) is 2. The molecular formula is C24H22ClFN4O4S. The second kappa shape index (κ2) is 9.03. The van der Waals surface area contributed by atoms with Gasteiger partial charge in [0.1, 0.15) is 5.25 Å². The average Bonchev–Trinajstić information content (AvgIpc) is 3.05. The van der Waals surface area contributed by atoms with Crippen LogP contribution in [-0.4, -0.2) is 41.8 Å².